The average molecular weight is 310 g/mol. The van der Waals surface area contributed by atoms with Crippen molar-refractivity contribution in [2.24, 2.45) is 7.05 Å². The van der Waals surface area contributed by atoms with Gasteiger partial charge in [-0.1, -0.05) is 6.92 Å². The van der Waals surface area contributed by atoms with Gasteiger partial charge in [-0.05, 0) is 30.7 Å². The van der Waals surface area contributed by atoms with Gasteiger partial charge in [0.2, 0.25) is 0 Å². The second-order valence-corrected chi connectivity index (χ2v) is 5.19. The van der Waals surface area contributed by atoms with Gasteiger partial charge in [-0.15, -0.1) is 0 Å². The van der Waals surface area contributed by atoms with Crippen LogP contribution in [0.1, 0.15) is 35.6 Å². The summed E-state index contributed by atoms with van der Waals surface area (Å²) < 4.78 is 3.56. The molecule has 0 spiro atoms. The van der Waals surface area contributed by atoms with Crippen LogP contribution in [-0.2, 0) is 7.05 Å². The molecule has 0 radical (unpaired) electrons. The lowest BCUT2D eigenvalue weighted by molar-refractivity contribution is 0.0933. The molecule has 23 heavy (non-hydrogen) atoms. The Labute approximate surface area is 134 Å². The van der Waals surface area contributed by atoms with Gasteiger partial charge in [-0.2, -0.15) is 5.10 Å². The monoisotopic (exact) mass is 310 g/mol. The molecule has 3 aromatic rings. The second-order valence-electron chi connectivity index (χ2n) is 5.19. The summed E-state index contributed by atoms with van der Waals surface area (Å²) in [7, 11) is 1.82. The van der Waals surface area contributed by atoms with Gasteiger partial charge < -0.3 is 9.88 Å². The normalized spacial score (nSPS) is 12.1. The second kappa shape index (κ2) is 6.43. The van der Waals surface area contributed by atoms with Crippen molar-refractivity contribution < 1.29 is 4.79 Å². The summed E-state index contributed by atoms with van der Waals surface area (Å²) in [5.74, 6) is 0.618. The molecule has 2 heterocycles. The Morgan fingerprint density at radius 2 is 2.09 bits per heavy atom. The predicted molar refractivity (Wildman–Crippen MR) is 85.1 cm³/mol. The molecule has 118 valence electrons. The van der Waals surface area contributed by atoms with Crippen molar-refractivity contribution in [1.29, 1.82) is 0 Å². The number of nitrogens with zero attached hydrogens (tertiary/aromatic N) is 5. The topological polar surface area (TPSA) is 77.6 Å². The van der Waals surface area contributed by atoms with E-state index in [4.69, 9.17) is 0 Å². The van der Waals surface area contributed by atoms with Crippen molar-refractivity contribution in [2.75, 3.05) is 0 Å². The quantitative estimate of drug-likeness (QED) is 0.780. The van der Waals surface area contributed by atoms with Gasteiger partial charge in [0.25, 0.3) is 5.91 Å². The highest BCUT2D eigenvalue weighted by Gasteiger charge is 2.18. The average Bonchev–Trinajstić information content (AvgIpc) is 3.24. The lowest BCUT2D eigenvalue weighted by Crippen LogP contribution is -2.30. The van der Waals surface area contributed by atoms with E-state index in [0.29, 0.717) is 5.56 Å². The third-order valence-electron chi connectivity index (χ3n) is 3.70. The highest BCUT2D eigenvalue weighted by Crippen LogP contribution is 2.15. The third kappa shape index (κ3) is 3.13. The van der Waals surface area contributed by atoms with Crippen LogP contribution in [0.4, 0.5) is 0 Å². The van der Waals surface area contributed by atoms with Crippen molar-refractivity contribution in [3.05, 3.63) is 60.7 Å². The first-order valence-electron chi connectivity index (χ1n) is 7.42. The number of hydrogen-bond donors (Lipinski definition) is 1. The molecule has 7 nitrogen and oxygen atoms in total. The smallest absolute Gasteiger partial charge is 0.251 e. The molecular formula is C16H18N6O. The molecule has 0 unspecified atom stereocenters. The minimum atomic E-state index is -0.164. The Kier molecular flexibility index (Phi) is 4.18. The van der Waals surface area contributed by atoms with E-state index in [0.717, 1.165) is 17.9 Å². The zero-order valence-corrected chi connectivity index (χ0v) is 13.0. The van der Waals surface area contributed by atoms with Crippen LogP contribution in [0, 0.1) is 0 Å². The molecule has 1 aromatic carbocycles. The number of hydrogen-bond acceptors (Lipinski definition) is 4. The summed E-state index contributed by atoms with van der Waals surface area (Å²) in [5, 5.41) is 7.05. The highest BCUT2D eigenvalue weighted by atomic mass is 16.1. The van der Waals surface area contributed by atoms with E-state index in [1.54, 1.807) is 29.3 Å². The first-order chi connectivity index (χ1) is 11.2. The van der Waals surface area contributed by atoms with E-state index in [1.165, 1.54) is 6.33 Å². The lowest BCUT2D eigenvalue weighted by atomic mass is 10.1. The molecule has 0 aliphatic heterocycles. The minimum absolute atomic E-state index is 0.128. The number of carbonyl (C=O) groups is 1. The molecule has 1 atom stereocenters. The zero-order valence-electron chi connectivity index (χ0n) is 13.0. The first kappa shape index (κ1) is 15.0. The fourth-order valence-corrected chi connectivity index (χ4v) is 2.41. The number of nitrogens with one attached hydrogen (secondary N) is 1. The van der Waals surface area contributed by atoms with Crippen molar-refractivity contribution in [2.45, 2.75) is 19.4 Å². The fraction of sp³-hybridized carbons (Fsp3) is 0.250. The summed E-state index contributed by atoms with van der Waals surface area (Å²) in [5.41, 5.74) is 1.56. The number of imidazole rings is 1. The van der Waals surface area contributed by atoms with Crippen LogP contribution in [-0.4, -0.2) is 30.2 Å². The summed E-state index contributed by atoms with van der Waals surface area (Å²) in [6.45, 7) is 2.00. The summed E-state index contributed by atoms with van der Waals surface area (Å²) >= 11 is 0. The maximum absolute atomic E-state index is 12.4. The standard InChI is InChI=1S/C16H18N6O/c1-3-14(15-18-10-19-21(15)2)20-16(23)12-4-6-13(7-5-12)22-9-8-17-11-22/h4-11,14H,3H2,1-2H3,(H,20,23)/t14-/m1/s1. The van der Waals surface area contributed by atoms with Crippen LogP contribution < -0.4 is 5.32 Å². The van der Waals surface area contributed by atoms with E-state index in [9.17, 15) is 4.79 Å². The van der Waals surface area contributed by atoms with Crippen molar-refractivity contribution in [3.8, 4) is 5.69 Å². The van der Waals surface area contributed by atoms with Gasteiger partial charge in [0, 0.05) is 30.7 Å². The Bertz CT molecular complexity index is 775. The van der Waals surface area contributed by atoms with Crippen molar-refractivity contribution in [1.82, 2.24) is 29.6 Å². The van der Waals surface area contributed by atoms with Gasteiger partial charge in [0.1, 0.15) is 12.2 Å². The third-order valence-corrected chi connectivity index (χ3v) is 3.70. The molecule has 0 aliphatic carbocycles. The molecule has 2 aromatic heterocycles. The summed E-state index contributed by atoms with van der Waals surface area (Å²) in [6.07, 6.45) is 7.52. The summed E-state index contributed by atoms with van der Waals surface area (Å²) in [6, 6.07) is 7.21. The molecule has 7 heteroatoms. The van der Waals surface area contributed by atoms with Crippen molar-refractivity contribution >= 4 is 5.91 Å². The highest BCUT2D eigenvalue weighted by molar-refractivity contribution is 5.94. The van der Waals surface area contributed by atoms with Crippen LogP contribution >= 0.6 is 0 Å². The van der Waals surface area contributed by atoms with Crippen LogP contribution in [0.15, 0.2) is 49.3 Å². The number of aromatic nitrogens is 5. The SMILES string of the molecule is CC[C@@H](NC(=O)c1ccc(-n2ccnc2)cc1)c1ncnn1C. The maximum Gasteiger partial charge on any atom is 0.251 e. The predicted octanol–water partition coefficient (Wildman–Crippen LogP) is 1.88. The Balaban J connectivity index is 1.74. The molecule has 0 fully saturated rings. The molecule has 0 aliphatic rings. The maximum atomic E-state index is 12.4. The lowest BCUT2D eigenvalue weighted by Gasteiger charge is -2.16. The van der Waals surface area contributed by atoms with Crippen molar-refractivity contribution in [3.63, 3.8) is 0 Å². The van der Waals surface area contributed by atoms with Gasteiger partial charge in [-0.3, -0.25) is 9.48 Å². The summed E-state index contributed by atoms with van der Waals surface area (Å²) in [4.78, 5) is 20.7. The van der Waals surface area contributed by atoms with Gasteiger partial charge in [-0.25, -0.2) is 9.97 Å². The minimum Gasteiger partial charge on any atom is -0.342 e. The molecule has 1 amide bonds. The Morgan fingerprint density at radius 3 is 2.65 bits per heavy atom. The largest absolute Gasteiger partial charge is 0.342 e. The van der Waals surface area contributed by atoms with E-state index in [2.05, 4.69) is 20.4 Å². The van der Waals surface area contributed by atoms with Crippen LogP contribution in [0.2, 0.25) is 0 Å². The molecule has 0 saturated heterocycles. The number of rotatable bonds is 5. The number of benzene rings is 1. The Hall–Kier alpha value is -2.96. The van der Waals surface area contributed by atoms with E-state index in [1.807, 2.05) is 36.9 Å². The number of amides is 1. The van der Waals surface area contributed by atoms with Crippen LogP contribution in [0.25, 0.3) is 5.69 Å². The van der Waals surface area contributed by atoms with E-state index < -0.39 is 0 Å². The molecule has 3 rings (SSSR count). The molecule has 0 saturated carbocycles. The van der Waals surface area contributed by atoms with E-state index >= 15 is 0 Å². The van der Waals surface area contributed by atoms with E-state index in [-0.39, 0.29) is 11.9 Å². The van der Waals surface area contributed by atoms with Gasteiger partial charge in [0.05, 0.1) is 12.4 Å². The van der Waals surface area contributed by atoms with Crippen LogP contribution in [0.3, 0.4) is 0 Å². The first-order valence-corrected chi connectivity index (χ1v) is 7.42. The Morgan fingerprint density at radius 1 is 1.30 bits per heavy atom. The number of aryl methyl sites for hydroxylation is 1. The molecular weight excluding hydrogens is 292 g/mol. The number of carbonyl (C=O) groups excluding carboxylic acids is 1. The molecule has 0 bridgehead atoms. The van der Waals surface area contributed by atoms with Crippen LogP contribution in [0.5, 0.6) is 0 Å². The van der Waals surface area contributed by atoms with Gasteiger partial charge in [0.15, 0.2) is 0 Å². The molecule has 1 N–H and O–H groups in total. The van der Waals surface area contributed by atoms with Gasteiger partial charge >= 0.3 is 0 Å². The fourth-order valence-electron chi connectivity index (χ4n) is 2.41. The zero-order chi connectivity index (χ0) is 16.2.